The first-order valence-electron chi connectivity index (χ1n) is 12.0. The van der Waals surface area contributed by atoms with Crippen LogP contribution in [-0.2, 0) is 17.1 Å². The third-order valence-corrected chi connectivity index (χ3v) is 6.61. The van der Waals surface area contributed by atoms with Crippen molar-refractivity contribution in [1.29, 1.82) is 0 Å². The van der Waals surface area contributed by atoms with E-state index in [1.807, 2.05) is 5.32 Å². The second-order valence-electron chi connectivity index (χ2n) is 9.88. The molecule has 0 radical (unpaired) electrons. The zero-order valence-electron chi connectivity index (χ0n) is 21.8. The first-order valence-corrected chi connectivity index (χ1v) is 12.4. The van der Waals surface area contributed by atoms with Crippen LogP contribution in [0.15, 0.2) is 42.5 Å². The van der Waals surface area contributed by atoms with Crippen molar-refractivity contribution in [2.24, 2.45) is 0 Å². The summed E-state index contributed by atoms with van der Waals surface area (Å²) in [4.78, 5) is 25.4. The summed E-state index contributed by atoms with van der Waals surface area (Å²) in [7, 11) is 0.759. The molecule has 0 bridgehead atoms. The minimum absolute atomic E-state index is 0.0372. The maximum absolute atomic E-state index is 15.0. The van der Waals surface area contributed by atoms with E-state index < -0.39 is 93.2 Å². The van der Waals surface area contributed by atoms with Crippen LogP contribution in [0, 0.1) is 0 Å². The number of nitrogens with one attached hydrogen (secondary N) is 1. The Balaban J connectivity index is 1.99. The van der Waals surface area contributed by atoms with E-state index in [4.69, 9.17) is 11.6 Å². The highest BCUT2D eigenvalue weighted by Gasteiger charge is 2.54. The van der Waals surface area contributed by atoms with Gasteiger partial charge in [0.15, 0.2) is 0 Å². The van der Waals surface area contributed by atoms with Crippen LogP contribution in [0.2, 0.25) is 5.02 Å². The van der Waals surface area contributed by atoms with Crippen LogP contribution < -0.4 is 5.32 Å². The SMILES string of the molecule is CN(CC(F)(F)F)C(=O)C1(NC(=O)c2ccc(C(F)=CC(c3cc(Cl)cc(C(F)(F)F)c3)C(F)(F)F)cc2C(F)(F)F)CC1. The smallest absolute Gasteiger partial charge is 0.338 e. The first-order chi connectivity index (χ1) is 19.8. The summed E-state index contributed by atoms with van der Waals surface area (Å²) < 4.78 is 175. The Kier molecular flexibility index (Phi) is 9.37. The Labute approximate surface area is 244 Å². The highest BCUT2D eigenvalue weighted by molar-refractivity contribution is 6.30. The Hall–Kier alpha value is -3.50. The minimum Gasteiger partial charge on any atom is -0.338 e. The molecule has 18 heteroatoms. The van der Waals surface area contributed by atoms with E-state index in [-0.39, 0.29) is 36.0 Å². The predicted octanol–water partition coefficient (Wildman–Crippen LogP) is 8.32. The predicted molar refractivity (Wildman–Crippen MR) is 129 cm³/mol. The first kappa shape index (κ1) is 35.0. The maximum Gasteiger partial charge on any atom is 0.417 e. The van der Waals surface area contributed by atoms with Crippen molar-refractivity contribution in [3.8, 4) is 0 Å². The van der Waals surface area contributed by atoms with Gasteiger partial charge in [0.05, 0.1) is 16.7 Å². The van der Waals surface area contributed by atoms with Gasteiger partial charge in [-0.15, -0.1) is 0 Å². The van der Waals surface area contributed by atoms with E-state index in [1.165, 1.54) is 0 Å². The van der Waals surface area contributed by atoms with E-state index >= 15 is 4.39 Å². The summed E-state index contributed by atoms with van der Waals surface area (Å²) in [5.74, 6) is -7.89. The maximum atomic E-state index is 15.0. The third kappa shape index (κ3) is 8.35. The molecule has 1 aliphatic rings. The highest BCUT2D eigenvalue weighted by atomic mass is 35.5. The van der Waals surface area contributed by atoms with Crippen LogP contribution >= 0.6 is 11.6 Å². The van der Waals surface area contributed by atoms with E-state index in [0.717, 1.165) is 7.05 Å². The lowest BCUT2D eigenvalue weighted by molar-refractivity contribution is -0.160. The highest BCUT2D eigenvalue weighted by Crippen LogP contribution is 2.43. The second-order valence-corrected chi connectivity index (χ2v) is 10.3. The number of carbonyl (C=O) groups is 2. The summed E-state index contributed by atoms with van der Waals surface area (Å²) in [6.07, 6.45) is -21.5. The van der Waals surface area contributed by atoms with Gasteiger partial charge in [-0.25, -0.2) is 4.39 Å². The van der Waals surface area contributed by atoms with E-state index in [1.54, 1.807) is 0 Å². The van der Waals surface area contributed by atoms with E-state index in [0.29, 0.717) is 24.3 Å². The number of hydrogen-bond acceptors (Lipinski definition) is 2. The molecule has 2 aromatic carbocycles. The summed E-state index contributed by atoms with van der Waals surface area (Å²) in [5, 5.41) is 1.16. The molecule has 1 unspecified atom stereocenters. The molecule has 1 saturated carbocycles. The lowest BCUT2D eigenvalue weighted by Gasteiger charge is -2.25. The van der Waals surface area contributed by atoms with Crippen LogP contribution in [0.3, 0.4) is 0 Å². The number of hydrogen-bond donors (Lipinski definition) is 1. The van der Waals surface area contributed by atoms with Crippen molar-refractivity contribution in [2.45, 2.75) is 49.0 Å². The van der Waals surface area contributed by atoms with Crippen LogP contribution in [-0.4, -0.2) is 48.2 Å². The Morgan fingerprint density at radius 3 is 2.00 bits per heavy atom. The number of alkyl halides is 12. The van der Waals surface area contributed by atoms with Crippen molar-refractivity contribution in [3.63, 3.8) is 0 Å². The number of benzene rings is 2. The second kappa shape index (κ2) is 11.8. The number of amides is 2. The minimum atomic E-state index is -5.44. The van der Waals surface area contributed by atoms with Gasteiger partial charge in [-0.05, 0) is 54.8 Å². The Morgan fingerprint density at radius 2 is 1.52 bits per heavy atom. The molecule has 0 aliphatic heterocycles. The zero-order chi connectivity index (χ0) is 33.6. The van der Waals surface area contributed by atoms with Gasteiger partial charge in [0.1, 0.15) is 23.8 Å². The van der Waals surface area contributed by atoms with Crippen molar-refractivity contribution >= 4 is 29.2 Å². The van der Waals surface area contributed by atoms with Gasteiger partial charge < -0.3 is 10.2 Å². The normalized spacial score (nSPS) is 16.4. The van der Waals surface area contributed by atoms with E-state index in [2.05, 4.69) is 0 Å². The number of carbonyl (C=O) groups excluding carboxylic acids is 2. The molecule has 1 fully saturated rings. The van der Waals surface area contributed by atoms with Crippen LogP contribution in [0.5, 0.6) is 0 Å². The number of allylic oxidation sites excluding steroid dienone is 1. The number of rotatable bonds is 7. The van der Waals surface area contributed by atoms with E-state index in [9.17, 15) is 62.3 Å². The average Bonchev–Trinajstić information content (AvgIpc) is 3.63. The summed E-state index contributed by atoms with van der Waals surface area (Å²) in [5.41, 5.74) is -8.99. The standard InChI is InChI=1S/C26H18ClF13N2O2/c1-42(11-23(29,30)31)21(44)22(4-5-22)41-20(43)16-3-2-12(8-18(16)26(38,39)40)19(28)10-17(25(35,36)37)13-6-14(24(32,33)34)9-15(27)7-13/h2-3,6-10,17H,4-5,11H2,1H3,(H,41,43). The molecule has 1 N–H and O–H groups in total. The average molecular weight is 673 g/mol. The molecular weight excluding hydrogens is 655 g/mol. The zero-order valence-corrected chi connectivity index (χ0v) is 22.6. The van der Waals surface area contributed by atoms with Crippen molar-refractivity contribution in [3.05, 3.63) is 75.3 Å². The molecule has 2 aromatic rings. The van der Waals surface area contributed by atoms with Gasteiger partial charge >= 0.3 is 24.7 Å². The summed E-state index contributed by atoms with van der Waals surface area (Å²) in [6.45, 7) is -1.72. The van der Waals surface area contributed by atoms with Crippen LogP contribution in [0.4, 0.5) is 57.1 Å². The number of nitrogens with zero attached hydrogens (tertiary/aromatic N) is 1. The lowest BCUT2D eigenvalue weighted by atomic mass is 9.94. The molecule has 0 saturated heterocycles. The molecule has 44 heavy (non-hydrogen) atoms. The van der Waals surface area contributed by atoms with Crippen molar-refractivity contribution in [1.82, 2.24) is 10.2 Å². The fourth-order valence-electron chi connectivity index (χ4n) is 4.21. The number of likely N-dealkylation sites (N-methyl/N-ethyl adjacent to an activating group) is 1. The molecule has 0 spiro atoms. The lowest BCUT2D eigenvalue weighted by Crippen LogP contribution is -2.51. The molecule has 0 aromatic heterocycles. The van der Waals surface area contributed by atoms with Crippen LogP contribution in [0.25, 0.3) is 5.83 Å². The van der Waals surface area contributed by atoms with Gasteiger partial charge in [0.25, 0.3) is 5.91 Å². The molecular formula is C26H18ClF13N2O2. The molecule has 1 atom stereocenters. The van der Waals surface area contributed by atoms with Gasteiger partial charge in [-0.2, -0.15) is 52.7 Å². The molecule has 0 heterocycles. The monoisotopic (exact) mass is 672 g/mol. The molecule has 242 valence electrons. The van der Waals surface area contributed by atoms with Gasteiger partial charge in [-0.1, -0.05) is 17.7 Å². The fraction of sp³-hybridized carbons (Fsp3) is 0.385. The topological polar surface area (TPSA) is 49.4 Å². The van der Waals surface area contributed by atoms with Gasteiger partial charge in [-0.3, -0.25) is 9.59 Å². The summed E-state index contributed by atoms with van der Waals surface area (Å²) in [6, 6.07) is 1.62. The largest absolute Gasteiger partial charge is 0.417 e. The van der Waals surface area contributed by atoms with Crippen molar-refractivity contribution in [2.75, 3.05) is 13.6 Å². The number of halogens is 14. The fourth-order valence-corrected chi connectivity index (χ4v) is 4.45. The van der Waals surface area contributed by atoms with Crippen molar-refractivity contribution < 1.29 is 66.7 Å². The molecule has 3 rings (SSSR count). The quantitative estimate of drug-likeness (QED) is 0.301. The molecule has 4 nitrogen and oxygen atoms in total. The summed E-state index contributed by atoms with van der Waals surface area (Å²) >= 11 is 5.52. The van der Waals surface area contributed by atoms with Crippen LogP contribution in [0.1, 0.15) is 51.4 Å². The molecule has 2 amide bonds. The van der Waals surface area contributed by atoms with Gasteiger partial charge in [0.2, 0.25) is 5.91 Å². The Bertz CT molecular complexity index is 1460. The Morgan fingerprint density at radius 1 is 0.932 bits per heavy atom. The third-order valence-electron chi connectivity index (χ3n) is 6.39. The van der Waals surface area contributed by atoms with Gasteiger partial charge in [0, 0.05) is 17.6 Å². The molecule has 1 aliphatic carbocycles.